The Morgan fingerprint density at radius 3 is 2.03 bits per heavy atom. The summed E-state index contributed by atoms with van der Waals surface area (Å²) in [5.74, 6) is -0.583. The number of hydrogen-bond acceptors (Lipinski definition) is 4. The van der Waals surface area contributed by atoms with E-state index in [1.54, 1.807) is 24.3 Å². The molecule has 0 aliphatic carbocycles. The SMILES string of the molecule is C#C.N=C(N)c1ccc(NC(=O)CCC(=O)N(CCO)c2ccc(-c3ccccc3)cc2)cc1. The fourth-order valence-electron chi connectivity index (χ4n) is 3.27. The van der Waals surface area contributed by atoms with E-state index in [0.717, 1.165) is 11.1 Å². The van der Waals surface area contributed by atoms with Crippen molar-refractivity contribution in [3.63, 3.8) is 0 Å². The third kappa shape index (κ3) is 7.33. The van der Waals surface area contributed by atoms with Gasteiger partial charge in [0, 0.05) is 36.3 Å². The second kappa shape index (κ2) is 13.2. The summed E-state index contributed by atoms with van der Waals surface area (Å²) in [6, 6.07) is 24.0. The molecular formula is C27H28N4O3. The lowest BCUT2D eigenvalue weighted by Gasteiger charge is -2.22. The standard InChI is InChI=1S/C25H26N4O3.C2H2/c26-25(27)20-6-10-21(11-7-20)28-23(31)14-15-24(32)29(16-17-30)22-12-8-19(9-13-22)18-4-2-1-3-5-18;1-2/h1-13,30H,14-17H2,(H3,26,27)(H,28,31);1-2H. The van der Waals surface area contributed by atoms with Crippen molar-refractivity contribution in [2.24, 2.45) is 5.73 Å². The van der Waals surface area contributed by atoms with Crippen LogP contribution >= 0.6 is 0 Å². The average molecular weight is 457 g/mol. The number of nitrogen functional groups attached to an aromatic ring is 1. The van der Waals surface area contributed by atoms with E-state index < -0.39 is 0 Å². The molecule has 0 aliphatic heterocycles. The van der Waals surface area contributed by atoms with Crippen molar-refractivity contribution in [1.29, 1.82) is 5.41 Å². The number of benzene rings is 3. The Morgan fingerprint density at radius 1 is 0.882 bits per heavy atom. The predicted molar refractivity (Wildman–Crippen MR) is 137 cm³/mol. The zero-order chi connectivity index (χ0) is 24.9. The molecule has 0 aromatic heterocycles. The van der Waals surface area contributed by atoms with Crippen molar-refractivity contribution in [3.05, 3.63) is 84.4 Å². The predicted octanol–water partition coefficient (Wildman–Crippen LogP) is 3.63. The van der Waals surface area contributed by atoms with Crippen molar-refractivity contribution in [3.8, 4) is 24.0 Å². The number of nitrogens with zero attached hydrogens (tertiary/aromatic N) is 1. The monoisotopic (exact) mass is 456 g/mol. The highest BCUT2D eigenvalue weighted by atomic mass is 16.3. The number of nitrogens with two attached hydrogens (primary N) is 1. The molecule has 3 aromatic rings. The van der Waals surface area contributed by atoms with Crippen LogP contribution in [0.15, 0.2) is 78.9 Å². The van der Waals surface area contributed by atoms with E-state index in [2.05, 4.69) is 18.2 Å². The molecule has 34 heavy (non-hydrogen) atoms. The van der Waals surface area contributed by atoms with Crippen LogP contribution < -0.4 is 16.0 Å². The van der Waals surface area contributed by atoms with E-state index in [4.69, 9.17) is 11.1 Å². The van der Waals surface area contributed by atoms with Gasteiger partial charge in [-0.15, -0.1) is 12.8 Å². The summed E-state index contributed by atoms with van der Waals surface area (Å²) < 4.78 is 0. The lowest BCUT2D eigenvalue weighted by molar-refractivity contribution is -0.122. The molecule has 0 atom stereocenters. The Hall–Kier alpha value is -4.41. The fraction of sp³-hybridized carbons (Fsp3) is 0.148. The minimum atomic E-state index is -0.294. The Labute approximate surface area is 199 Å². The van der Waals surface area contributed by atoms with Crippen molar-refractivity contribution in [2.45, 2.75) is 12.8 Å². The number of hydrogen-bond donors (Lipinski definition) is 4. The van der Waals surface area contributed by atoms with Gasteiger partial charge in [-0.1, -0.05) is 42.5 Å². The van der Waals surface area contributed by atoms with Crippen molar-refractivity contribution < 1.29 is 14.7 Å². The summed E-state index contributed by atoms with van der Waals surface area (Å²) in [7, 11) is 0. The molecule has 0 bridgehead atoms. The molecule has 0 saturated carbocycles. The van der Waals surface area contributed by atoms with Gasteiger partial charge in [-0.2, -0.15) is 0 Å². The smallest absolute Gasteiger partial charge is 0.227 e. The van der Waals surface area contributed by atoms with E-state index in [1.807, 2.05) is 54.6 Å². The first-order valence-corrected chi connectivity index (χ1v) is 10.6. The second-order valence-electron chi connectivity index (χ2n) is 7.22. The first-order valence-electron chi connectivity index (χ1n) is 10.6. The lowest BCUT2D eigenvalue weighted by atomic mass is 10.1. The summed E-state index contributed by atoms with van der Waals surface area (Å²) in [6.45, 7) is -0.0293. The van der Waals surface area contributed by atoms with Crippen LogP contribution in [0.5, 0.6) is 0 Å². The maximum atomic E-state index is 12.8. The number of carbonyl (C=O) groups excluding carboxylic acids is 2. The highest BCUT2D eigenvalue weighted by Crippen LogP contribution is 2.23. The van der Waals surface area contributed by atoms with Gasteiger partial charge in [0.2, 0.25) is 11.8 Å². The molecule has 3 aromatic carbocycles. The average Bonchev–Trinajstić information content (AvgIpc) is 2.88. The van der Waals surface area contributed by atoms with Gasteiger partial charge in [-0.05, 0) is 47.5 Å². The second-order valence-corrected chi connectivity index (χ2v) is 7.22. The summed E-state index contributed by atoms with van der Waals surface area (Å²) >= 11 is 0. The van der Waals surface area contributed by atoms with Gasteiger partial charge in [-0.25, -0.2) is 0 Å². The molecular weight excluding hydrogens is 428 g/mol. The maximum Gasteiger partial charge on any atom is 0.227 e. The number of terminal acetylenes is 1. The molecule has 7 heteroatoms. The zero-order valence-corrected chi connectivity index (χ0v) is 18.8. The Balaban J connectivity index is 0.00000199. The summed E-state index contributed by atoms with van der Waals surface area (Å²) in [5.41, 5.74) is 9.33. The van der Waals surface area contributed by atoms with Crippen LogP contribution in [0.1, 0.15) is 18.4 Å². The molecule has 0 fully saturated rings. The highest BCUT2D eigenvalue weighted by Gasteiger charge is 2.17. The largest absolute Gasteiger partial charge is 0.395 e. The van der Waals surface area contributed by atoms with Crippen molar-refractivity contribution >= 4 is 29.0 Å². The molecule has 0 saturated heterocycles. The molecule has 0 spiro atoms. The van der Waals surface area contributed by atoms with Crippen LogP contribution in [0.3, 0.4) is 0 Å². The molecule has 0 radical (unpaired) electrons. The number of amidine groups is 1. The summed E-state index contributed by atoms with van der Waals surface area (Å²) in [5, 5.41) is 19.5. The van der Waals surface area contributed by atoms with Crippen LogP contribution in [0.2, 0.25) is 0 Å². The summed E-state index contributed by atoms with van der Waals surface area (Å²) in [6.07, 6.45) is 8.02. The number of aliphatic hydroxyl groups excluding tert-OH is 1. The summed E-state index contributed by atoms with van der Waals surface area (Å²) in [4.78, 5) is 26.5. The minimum absolute atomic E-state index is 0.0112. The van der Waals surface area contributed by atoms with Gasteiger partial charge in [0.05, 0.1) is 6.61 Å². The molecule has 0 aliphatic rings. The Bertz CT molecular complexity index is 1110. The van der Waals surface area contributed by atoms with Crippen LogP contribution in [0.4, 0.5) is 11.4 Å². The van der Waals surface area contributed by atoms with Gasteiger partial charge >= 0.3 is 0 Å². The Morgan fingerprint density at radius 2 is 1.47 bits per heavy atom. The number of rotatable bonds is 9. The van der Waals surface area contributed by atoms with Gasteiger partial charge in [0.25, 0.3) is 0 Å². The number of amides is 2. The van der Waals surface area contributed by atoms with Crippen molar-refractivity contribution in [2.75, 3.05) is 23.4 Å². The highest BCUT2D eigenvalue weighted by molar-refractivity contribution is 5.99. The van der Waals surface area contributed by atoms with Gasteiger partial charge in [0.1, 0.15) is 5.84 Å². The van der Waals surface area contributed by atoms with E-state index in [1.165, 1.54) is 4.90 Å². The van der Waals surface area contributed by atoms with E-state index >= 15 is 0 Å². The van der Waals surface area contributed by atoms with E-state index in [0.29, 0.717) is 16.9 Å². The molecule has 3 rings (SSSR count). The third-order valence-electron chi connectivity index (χ3n) is 4.96. The third-order valence-corrected chi connectivity index (χ3v) is 4.96. The van der Waals surface area contributed by atoms with Crippen LogP contribution in [0, 0.1) is 18.3 Å². The number of anilines is 2. The Kier molecular flexibility index (Phi) is 10.0. The van der Waals surface area contributed by atoms with Gasteiger partial charge in [0.15, 0.2) is 0 Å². The lowest BCUT2D eigenvalue weighted by Crippen LogP contribution is -2.34. The van der Waals surface area contributed by atoms with Gasteiger partial charge < -0.3 is 21.1 Å². The molecule has 0 heterocycles. The van der Waals surface area contributed by atoms with E-state index in [9.17, 15) is 14.7 Å². The molecule has 0 unspecified atom stereocenters. The first kappa shape index (κ1) is 25.8. The molecule has 2 amide bonds. The van der Waals surface area contributed by atoms with Crippen LogP contribution in [-0.4, -0.2) is 35.9 Å². The van der Waals surface area contributed by atoms with E-state index in [-0.39, 0.29) is 43.6 Å². The van der Waals surface area contributed by atoms with Crippen LogP contribution in [-0.2, 0) is 9.59 Å². The maximum absolute atomic E-state index is 12.8. The fourth-order valence-corrected chi connectivity index (χ4v) is 3.27. The molecule has 5 N–H and O–H groups in total. The van der Waals surface area contributed by atoms with Crippen LogP contribution in [0.25, 0.3) is 11.1 Å². The quantitative estimate of drug-likeness (QED) is 0.223. The first-order chi connectivity index (χ1) is 16.5. The normalized spacial score (nSPS) is 9.85. The number of nitrogens with one attached hydrogen (secondary N) is 2. The number of aliphatic hydroxyl groups is 1. The zero-order valence-electron chi connectivity index (χ0n) is 18.8. The molecule has 7 nitrogen and oxygen atoms in total. The van der Waals surface area contributed by atoms with Crippen molar-refractivity contribution in [1.82, 2.24) is 0 Å². The topological polar surface area (TPSA) is 120 Å². The number of carbonyl (C=O) groups is 2. The molecule has 174 valence electrons. The minimum Gasteiger partial charge on any atom is -0.395 e. The van der Waals surface area contributed by atoms with Gasteiger partial charge in [-0.3, -0.25) is 15.0 Å².